The molecule has 2 aromatic carbocycles. The molecular formula is C31H44N2O6. The summed E-state index contributed by atoms with van der Waals surface area (Å²) in [7, 11) is 0. The second-order valence-electron chi connectivity index (χ2n) is 11.5. The maximum atomic E-state index is 13.7. The minimum Gasteiger partial charge on any atom is -0.460 e. The van der Waals surface area contributed by atoms with Crippen LogP contribution in [0.3, 0.4) is 0 Å². The molecule has 39 heavy (non-hydrogen) atoms. The van der Waals surface area contributed by atoms with E-state index in [1.165, 1.54) is 4.90 Å². The fourth-order valence-corrected chi connectivity index (χ4v) is 3.80. The van der Waals surface area contributed by atoms with Crippen molar-refractivity contribution in [3.63, 3.8) is 0 Å². The first-order chi connectivity index (χ1) is 18.2. The molecule has 8 nitrogen and oxygen atoms in total. The Bertz CT molecular complexity index is 1040. The van der Waals surface area contributed by atoms with E-state index < -0.39 is 17.3 Å². The lowest BCUT2D eigenvalue weighted by molar-refractivity contribution is -0.155. The first-order valence-electron chi connectivity index (χ1n) is 13.4. The first-order valence-corrected chi connectivity index (χ1v) is 13.4. The second kappa shape index (κ2) is 14.7. The average Bonchev–Trinajstić information content (AvgIpc) is 2.85. The van der Waals surface area contributed by atoms with Crippen molar-refractivity contribution in [2.75, 3.05) is 26.2 Å². The van der Waals surface area contributed by atoms with Gasteiger partial charge in [-0.2, -0.15) is 0 Å². The summed E-state index contributed by atoms with van der Waals surface area (Å²) < 4.78 is 16.8. The van der Waals surface area contributed by atoms with E-state index in [9.17, 15) is 14.4 Å². The van der Waals surface area contributed by atoms with Crippen LogP contribution in [0.1, 0.15) is 72.1 Å². The lowest BCUT2D eigenvalue weighted by atomic mass is 10.1. The molecule has 0 aliphatic heterocycles. The van der Waals surface area contributed by atoms with Crippen molar-refractivity contribution >= 4 is 18.0 Å². The molecule has 0 aliphatic rings. The van der Waals surface area contributed by atoms with Gasteiger partial charge in [0.2, 0.25) is 5.91 Å². The van der Waals surface area contributed by atoms with Gasteiger partial charge in [0.05, 0.1) is 25.7 Å². The van der Waals surface area contributed by atoms with Gasteiger partial charge >= 0.3 is 12.1 Å². The van der Waals surface area contributed by atoms with Crippen LogP contribution in [0.5, 0.6) is 0 Å². The molecule has 2 rings (SSSR count). The molecule has 1 atom stereocenters. The summed E-state index contributed by atoms with van der Waals surface area (Å²) in [6.45, 7) is 13.4. The maximum absolute atomic E-state index is 13.7. The molecule has 0 heterocycles. The molecule has 0 saturated heterocycles. The second-order valence-corrected chi connectivity index (χ2v) is 11.5. The molecule has 214 valence electrons. The lowest BCUT2D eigenvalue weighted by Gasteiger charge is -2.33. The third kappa shape index (κ3) is 12.3. The third-order valence-corrected chi connectivity index (χ3v) is 5.64. The van der Waals surface area contributed by atoms with Crippen LogP contribution >= 0.6 is 0 Å². The van der Waals surface area contributed by atoms with E-state index >= 15 is 0 Å². The summed E-state index contributed by atoms with van der Waals surface area (Å²) in [5, 5.41) is 0. The fourth-order valence-electron chi connectivity index (χ4n) is 3.80. The van der Waals surface area contributed by atoms with Crippen LogP contribution < -0.4 is 0 Å². The summed E-state index contributed by atoms with van der Waals surface area (Å²) in [6.07, 6.45) is -0.564. The van der Waals surface area contributed by atoms with Gasteiger partial charge in [0.25, 0.3) is 0 Å². The van der Waals surface area contributed by atoms with E-state index in [2.05, 4.69) is 0 Å². The normalized spacial score (nSPS) is 12.4. The van der Waals surface area contributed by atoms with Crippen LogP contribution in [0.15, 0.2) is 60.7 Å². The zero-order chi connectivity index (χ0) is 29.1. The summed E-state index contributed by atoms with van der Waals surface area (Å²) >= 11 is 0. The molecule has 0 bridgehead atoms. The minimum atomic E-state index is -0.725. The average molecular weight is 541 g/mol. The molecule has 0 spiro atoms. The minimum absolute atomic E-state index is 0.0345. The number of carbonyl (C=O) groups excluding carboxylic acids is 3. The smallest absolute Gasteiger partial charge is 0.410 e. The topological polar surface area (TPSA) is 85.4 Å². The summed E-state index contributed by atoms with van der Waals surface area (Å²) in [5.74, 6) is -0.692. The Morgan fingerprint density at radius 3 is 1.92 bits per heavy atom. The molecule has 2 aromatic rings. The van der Waals surface area contributed by atoms with Gasteiger partial charge in [0, 0.05) is 13.1 Å². The Morgan fingerprint density at radius 1 is 0.795 bits per heavy atom. The molecule has 0 aromatic heterocycles. The highest BCUT2D eigenvalue weighted by Gasteiger charge is 2.29. The van der Waals surface area contributed by atoms with E-state index in [-0.39, 0.29) is 50.6 Å². The first kappa shape index (κ1) is 31.8. The molecule has 0 saturated carbocycles. The van der Waals surface area contributed by atoms with E-state index in [4.69, 9.17) is 14.2 Å². The van der Waals surface area contributed by atoms with Gasteiger partial charge < -0.3 is 19.1 Å². The van der Waals surface area contributed by atoms with Gasteiger partial charge in [-0.25, -0.2) is 4.79 Å². The Hall–Kier alpha value is -3.39. The van der Waals surface area contributed by atoms with Crippen molar-refractivity contribution in [3.8, 4) is 0 Å². The number of nitrogens with zero attached hydrogens (tertiary/aromatic N) is 2. The summed E-state index contributed by atoms with van der Waals surface area (Å²) in [5.41, 5.74) is 0.591. The standard InChI is InChI=1S/C31H44N2O6/c1-24(26-16-12-9-13-17-26)33(19-18-28(35)38-30(2,3)4)27(34)22-32(29(36)39-31(5,6)7)20-21-37-23-25-14-10-8-11-15-25/h8-17,24H,18-23H2,1-7H3/t24-/m0/s1. The number of ether oxygens (including phenoxy) is 3. The van der Waals surface area contributed by atoms with Crippen LogP contribution in [0, 0.1) is 0 Å². The molecule has 0 unspecified atom stereocenters. The molecule has 0 N–H and O–H groups in total. The van der Waals surface area contributed by atoms with E-state index in [1.807, 2.05) is 67.6 Å². The number of benzene rings is 2. The summed E-state index contributed by atoms with van der Waals surface area (Å²) in [4.78, 5) is 42.2. The largest absolute Gasteiger partial charge is 0.460 e. The Balaban J connectivity index is 2.16. The SMILES string of the molecule is C[C@@H](c1ccccc1)N(CCC(=O)OC(C)(C)C)C(=O)CN(CCOCc1ccccc1)C(=O)OC(C)(C)C. The molecule has 0 fully saturated rings. The highest BCUT2D eigenvalue weighted by atomic mass is 16.6. The van der Waals surface area contributed by atoms with Crippen molar-refractivity contribution in [2.45, 2.75) is 78.7 Å². The molecule has 2 amide bonds. The zero-order valence-electron chi connectivity index (χ0n) is 24.4. The number of carbonyl (C=O) groups is 3. The molecule has 0 radical (unpaired) electrons. The van der Waals surface area contributed by atoms with Gasteiger partial charge in [-0.15, -0.1) is 0 Å². The Kier molecular flexibility index (Phi) is 12.0. The molecule has 8 heteroatoms. The van der Waals surface area contributed by atoms with Crippen LogP contribution in [0.2, 0.25) is 0 Å². The molecule has 0 aliphatic carbocycles. The van der Waals surface area contributed by atoms with Crippen molar-refractivity contribution in [2.24, 2.45) is 0 Å². The number of rotatable bonds is 12. The highest BCUT2D eigenvalue weighted by Crippen LogP contribution is 2.22. The number of hydrogen-bond donors (Lipinski definition) is 0. The third-order valence-electron chi connectivity index (χ3n) is 5.64. The zero-order valence-corrected chi connectivity index (χ0v) is 24.4. The Labute approximate surface area is 233 Å². The van der Waals surface area contributed by atoms with Crippen LogP contribution in [0.25, 0.3) is 0 Å². The fraction of sp³-hybridized carbons (Fsp3) is 0.516. The lowest BCUT2D eigenvalue weighted by Crippen LogP contribution is -2.47. The maximum Gasteiger partial charge on any atom is 0.410 e. The summed E-state index contributed by atoms with van der Waals surface area (Å²) in [6, 6.07) is 19.0. The van der Waals surface area contributed by atoms with E-state index in [1.54, 1.807) is 46.4 Å². The predicted molar refractivity (Wildman–Crippen MR) is 151 cm³/mol. The number of amides is 2. The van der Waals surface area contributed by atoms with Crippen molar-refractivity contribution in [1.82, 2.24) is 9.80 Å². The number of esters is 1. The van der Waals surface area contributed by atoms with E-state index in [0.717, 1.165) is 11.1 Å². The van der Waals surface area contributed by atoms with Gasteiger partial charge in [-0.3, -0.25) is 14.5 Å². The van der Waals surface area contributed by atoms with Crippen LogP contribution in [-0.2, 0) is 30.4 Å². The van der Waals surface area contributed by atoms with Gasteiger partial charge in [0.15, 0.2) is 0 Å². The van der Waals surface area contributed by atoms with Crippen molar-refractivity contribution < 1.29 is 28.6 Å². The Morgan fingerprint density at radius 2 is 1.36 bits per heavy atom. The van der Waals surface area contributed by atoms with E-state index in [0.29, 0.717) is 6.61 Å². The highest BCUT2D eigenvalue weighted by molar-refractivity contribution is 5.83. The van der Waals surface area contributed by atoms with Gasteiger partial charge in [-0.05, 0) is 59.6 Å². The number of hydrogen-bond acceptors (Lipinski definition) is 6. The van der Waals surface area contributed by atoms with Crippen LogP contribution in [-0.4, -0.2) is 65.2 Å². The monoisotopic (exact) mass is 540 g/mol. The van der Waals surface area contributed by atoms with Crippen molar-refractivity contribution in [3.05, 3.63) is 71.8 Å². The quantitative estimate of drug-likeness (QED) is 0.251. The van der Waals surface area contributed by atoms with Gasteiger partial charge in [0.1, 0.15) is 17.7 Å². The van der Waals surface area contributed by atoms with Crippen LogP contribution in [0.4, 0.5) is 4.79 Å². The van der Waals surface area contributed by atoms with Gasteiger partial charge in [-0.1, -0.05) is 60.7 Å². The molecular weight excluding hydrogens is 496 g/mol. The predicted octanol–water partition coefficient (Wildman–Crippen LogP) is 5.76. The van der Waals surface area contributed by atoms with Crippen molar-refractivity contribution in [1.29, 1.82) is 0 Å².